The molecule has 9 nitrogen and oxygen atoms in total. The van der Waals surface area contributed by atoms with Crippen LogP contribution in [-0.2, 0) is 10.0 Å². The first kappa shape index (κ1) is 13.9. The lowest BCUT2D eigenvalue weighted by Crippen LogP contribution is -2.52. The van der Waals surface area contributed by atoms with Gasteiger partial charge in [-0.25, -0.2) is 8.42 Å². The Bertz CT molecular complexity index is 687. The first-order valence-electron chi connectivity index (χ1n) is 6.37. The molecule has 21 heavy (non-hydrogen) atoms. The maximum absolute atomic E-state index is 12.5. The van der Waals surface area contributed by atoms with Crippen molar-refractivity contribution < 1.29 is 13.3 Å². The highest BCUT2D eigenvalue weighted by Crippen LogP contribution is 2.24. The van der Waals surface area contributed by atoms with Crippen LogP contribution in [0, 0.1) is 10.1 Å². The van der Waals surface area contributed by atoms with Crippen LogP contribution in [0.15, 0.2) is 39.5 Å². The van der Waals surface area contributed by atoms with Gasteiger partial charge in [0, 0.05) is 25.2 Å². The van der Waals surface area contributed by atoms with Crippen molar-refractivity contribution in [3.05, 3.63) is 34.4 Å². The minimum Gasteiger partial charge on any atom is -0.271 e. The maximum Gasteiger partial charge on any atom is 0.269 e. The molecule has 0 amide bonds. The molecular weight excluding hydrogens is 298 g/mol. The van der Waals surface area contributed by atoms with Gasteiger partial charge in [0.25, 0.3) is 5.69 Å². The van der Waals surface area contributed by atoms with Crippen molar-refractivity contribution >= 4 is 15.7 Å². The van der Waals surface area contributed by atoms with E-state index in [9.17, 15) is 18.5 Å². The largest absolute Gasteiger partial charge is 0.271 e. The zero-order valence-electron chi connectivity index (χ0n) is 11.0. The van der Waals surface area contributed by atoms with Crippen molar-refractivity contribution in [1.82, 2.24) is 9.31 Å². The van der Waals surface area contributed by atoms with E-state index in [1.165, 1.54) is 28.6 Å². The standard InChI is InChI=1S/C11H13N5O4S/c17-16(18)9-1-3-11(4-2-9)21(19,20)14-5-6-15-10(8-14)7-12-13-15/h1-4,10H,5-8H2/t10-/m0/s1. The highest BCUT2D eigenvalue weighted by Gasteiger charge is 2.35. The van der Waals surface area contributed by atoms with Crippen LogP contribution in [0.5, 0.6) is 0 Å². The lowest BCUT2D eigenvalue weighted by Gasteiger charge is -2.34. The van der Waals surface area contributed by atoms with Crippen LogP contribution in [0.2, 0.25) is 0 Å². The normalized spacial score (nSPS) is 22.3. The van der Waals surface area contributed by atoms with Crippen LogP contribution < -0.4 is 0 Å². The van der Waals surface area contributed by atoms with Crippen LogP contribution >= 0.6 is 0 Å². The molecule has 1 saturated heterocycles. The van der Waals surface area contributed by atoms with E-state index in [0.717, 1.165) is 0 Å². The molecule has 0 N–H and O–H groups in total. The smallest absolute Gasteiger partial charge is 0.269 e. The predicted molar refractivity (Wildman–Crippen MR) is 72.1 cm³/mol. The Hall–Kier alpha value is -2.07. The molecule has 0 aromatic heterocycles. The van der Waals surface area contributed by atoms with Crippen LogP contribution in [0.4, 0.5) is 5.69 Å². The van der Waals surface area contributed by atoms with Gasteiger partial charge < -0.3 is 0 Å². The molecule has 1 fully saturated rings. The van der Waals surface area contributed by atoms with Gasteiger partial charge in [0.1, 0.15) is 0 Å². The second kappa shape index (κ2) is 5.04. The van der Waals surface area contributed by atoms with E-state index in [1.54, 1.807) is 5.01 Å². The van der Waals surface area contributed by atoms with Gasteiger partial charge in [-0.1, -0.05) is 5.22 Å². The maximum atomic E-state index is 12.5. The number of nitrogens with zero attached hydrogens (tertiary/aromatic N) is 5. The molecular formula is C11H13N5O4S. The molecule has 1 aromatic carbocycles. The Balaban J connectivity index is 1.81. The number of non-ortho nitro benzene ring substituents is 1. The lowest BCUT2D eigenvalue weighted by molar-refractivity contribution is -0.384. The quantitative estimate of drug-likeness (QED) is 0.601. The summed E-state index contributed by atoms with van der Waals surface area (Å²) in [6.07, 6.45) is 0. The summed E-state index contributed by atoms with van der Waals surface area (Å²) in [4.78, 5) is 10.1. The van der Waals surface area contributed by atoms with Gasteiger partial charge in [0.05, 0.1) is 29.0 Å². The third-order valence-corrected chi connectivity index (χ3v) is 5.45. The molecule has 10 heteroatoms. The minimum absolute atomic E-state index is 0.0217. The van der Waals surface area contributed by atoms with Crippen molar-refractivity contribution in [3.63, 3.8) is 0 Å². The summed E-state index contributed by atoms with van der Waals surface area (Å²) in [7, 11) is -3.64. The third kappa shape index (κ3) is 2.47. The molecule has 2 heterocycles. The molecule has 2 aliphatic rings. The highest BCUT2D eigenvalue weighted by molar-refractivity contribution is 7.89. The number of nitro groups is 1. The van der Waals surface area contributed by atoms with E-state index < -0.39 is 14.9 Å². The monoisotopic (exact) mass is 311 g/mol. The van der Waals surface area contributed by atoms with E-state index in [1.807, 2.05) is 0 Å². The summed E-state index contributed by atoms with van der Waals surface area (Å²) in [5.41, 5.74) is -0.132. The molecule has 0 unspecified atom stereocenters. The topological polar surface area (TPSA) is 108 Å². The first-order chi connectivity index (χ1) is 9.98. The van der Waals surface area contributed by atoms with E-state index >= 15 is 0 Å². The van der Waals surface area contributed by atoms with Gasteiger partial charge >= 0.3 is 0 Å². The summed E-state index contributed by atoms with van der Waals surface area (Å²) in [6, 6.07) is 4.91. The van der Waals surface area contributed by atoms with Crippen molar-refractivity contribution in [1.29, 1.82) is 0 Å². The molecule has 1 aromatic rings. The van der Waals surface area contributed by atoms with Gasteiger partial charge in [-0.3, -0.25) is 15.1 Å². The minimum atomic E-state index is -3.64. The summed E-state index contributed by atoms with van der Waals surface area (Å²) in [5, 5.41) is 20.2. The molecule has 0 aliphatic carbocycles. The Labute approximate surface area is 121 Å². The number of benzene rings is 1. The Kier molecular flexibility index (Phi) is 3.33. The van der Waals surface area contributed by atoms with Gasteiger partial charge in [0.15, 0.2) is 0 Å². The number of nitro benzene ring substituents is 1. The summed E-state index contributed by atoms with van der Waals surface area (Å²) >= 11 is 0. The Morgan fingerprint density at radius 2 is 1.95 bits per heavy atom. The fraction of sp³-hybridized carbons (Fsp3) is 0.455. The first-order valence-corrected chi connectivity index (χ1v) is 7.81. The van der Waals surface area contributed by atoms with Crippen molar-refractivity contribution in [2.75, 3.05) is 26.2 Å². The molecule has 0 bridgehead atoms. The SMILES string of the molecule is O=[N+]([O-])c1ccc(S(=O)(=O)N2CCN3N=NC[C@H]3C2)cc1. The fourth-order valence-corrected chi connectivity index (χ4v) is 3.87. The van der Waals surface area contributed by atoms with E-state index in [0.29, 0.717) is 26.2 Å². The number of rotatable bonds is 3. The average molecular weight is 311 g/mol. The Morgan fingerprint density at radius 3 is 2.62 bits per heavy atom. The molecule has 112 valence electrons. The number of hydrogen-bond acceptors (Lipinski definition) is 7. The van der Waals surface area contributed by atoms with Crippen molar-refractivity contribution in [2.24, 2.45) is 10.3 Å². The van der Waals surface area contributed by atoms with E-state index in [2.05, 4.69) is 10.3 Å². The van der Waals surface area contributed by atoms with E-state index in [4.69, 9.17) is 0 Å². The molecule has 0 radical (unpaired) electrons. The average Bonchev–Trinajstić information content (AvgIpc) is 2.94. The second-order valence-electron chi connectivity index (χ2n) is 4.84. The fourth-order valence-electron chi connectivity index (χ4n) is 2.41. The number of fused-ring (bicyclic) bond motifs is 1. The molecule has 0 saturated carbocycles. The van der Waals surface area contributed by atoms with Crippen LogP contribution in [0.1, 0.15) is 0 Å². The number of piperazine rings is 1. The zero-order chi connectivity index (χ0) is 15.0. The lowest BCUT2D eigenvalue weighted by atomic mass is 10.2. The Morgan fingerprint density at radius 1 is 1.24 bits per heavy atom. The van der Waals surface area contributed by atoms with Gasteiger partial charge in [0.2, 0.25) is 10.0 Å². The summed E-state index contributed by atoms with van der Waals surface area (Å²) in [5.74, 6) is 0. The summed E-state index contributed by atoms with van der Waals surface area (Å²) in [6.45, 7) is 1.65. The van der Waals surface area contributed by atoms with Gasteiger partial charge in [-0.05, 0) is 12.1 Å². The molecule has 2 aliphatic heterocycles. The number of sulfonamides is 1. The van der Waals surface area contributed by atoms with Crippen LogP contribution in [-0.4, -0.2) is 54.9 Å². The van der Waals surface area contributed by atoms with Crippen LogP contribution in [0.3, 0.4) is 0 Å². The van der Waals surface area contributed by atoms with Gasteiger partial charge in [-0.2, -0.15) is 9.42 Å². The van der Waals surface area contributed by atoms with Crippen molar-refractivity contribution in [2.45, 2.75) is 10.9 Å². The third-order valence-electron chi connectivity index (χ3n) is 3.57. The predicted octanol–water partition coefficient (Wildman–Crippen LogP) is 0.650. The van der Waals surface area contributed by atoms with E-state index in [-0.39, 0.29) is 16.6 Å². The van der Waals surface area contributed by atoms with Crippen molar-refractivity contribution in [3.8, 4) is 0 Å². The van der Waals surface area contributed by atoms with Crippen LogP contribution in [0.25, 0.3) is 0 Å². The molecule has 1 atom stereocenters. The highest BCUT2D eigenvalue weighted by atomic mass is 32.2. The summed E-state index contributed by atoms with van der Waals surface area (Å²) < 4.78 is 26.4. The second-order valence-corrected chi connectivity index (χ2v) is 6.78. The number of hydrogen-bond donors (Lipinski definition) is 0. The molecule has 0 spiro atoms. The van der Waals surface area contributed by atoms with Gasteiger partial charge in [-0.15, -0.1) is 0 Å². The molecule has 3 rings (SSSR count). The zero-order valence-corrected chi connectivity index (χ0v) is 11.8.